The average molecular weight is 362 g/mol. The third kappa shape index (κ3) is 4.16. The monoisotopic (exact) mass is 362 g/mol. The highest BCUT2D eigenvalue weighted by atomic mass is 32.2. The molecule has 0 radical (unpaired) electrons. The Morgan fingerprint density at radius 2 is 1.96 bits per heavy atom. The number of hydrogen-bond acceptors (Lipinski definition) is 5. The van der Waals surface area contributed by atoms with E-state index < -0.39 is 14.9 Å². The van der Waals surface area contributed by atoms with Crippen molar-refractivity contribution in [1.82, 2.24) is 0 Å². The number of hydrogen-bond donors (Lipinski definition) is 0. The van der Waals surface area contributed by atoms with Gasteiger partial charge < -0.3 is 4.74 Å². The number of rotatable bonds is 8. The summed E-state index contributed by atoms with van der Waals surface area (Å²) < 4.78 is 32.5. The van der Waals surface area contributed by atoms with Crippen molar-refractivity contribution in [2.24, 2.45) is 0 Å². The van der Waals surface area contributed by atoms with Crippen LogP contribution in [0.4, 0.5) is 11.4 Å². The van der Waals surface area contributed by atoms with Crippen molar-refractivity contribution >= 4 is 21.4 Å². The van der Waals surface area contributed by atoms with Crippen molar-refractivity contribution in [2.45, 2.75) is 11.8 Å². The SMILES string of the molecule is C=CCN(c1cccc(OCC)c1)S(=O)(=O)c1cccc([N+](=O)[O-])c1. The van der Waals surface area contributed by atoms with Crippen molar-refractivity contribution < 1.29 is 18.1 Å². The number of non-ortho nitro benzene ring substituents is 1. The molecular formula is C17H18N2O5S. The number of benzene rings is 2. The number of nitrogens with zero attached hydrogens (tertiary/aromatic N) is 2. The maximum Gasteiger partial charge on any atom is 0.270 e. The number of sulfonamides is 1. The second kappa shape index (κ2) is 7.80. The Labute approximate surface area is 146 Å². The van der Waals surface area contributed by atoms with E-state index in [1.165, 1.54) is 24.3 Å². The maximum absolute atomic E-state index is 13.0. The third-order valence-corrected chi connectivity index (χ3v) is 5.12. The lowest BCUT2D eigenvalue weighted by atomic mass is 10.3. The maximum atomic E-state index is 13.0. The molecule has 0 spiro atoms. The van der Waals surface area contributed by atoms with E-state index in [1.54, 1.807) is 24.3 Å². The van der Waals surface area contributed by atoms with E-state index in [2.05, 4.69) is 6.58 Å². The van der Waals surface area contributed by atoms with Crippen molar-refractivity contribution in [3.8, 4) is 5.75 Å². The molecule has 2 aromatic rings. The normalized spacial score (nSPS) is 10.9. The minimum absolute atomic E-state index is 0.0145. The highest BCUT2D eigenvalue weighted by Gasteiger charge is 2.26. The van der Waals surface area contributed by atoms with E-state index in [4.69, 9.17) is 4.74 Å². The zero-order valence-corrected chi connectivity index (χ0v) is 14.5. The fraction of sp³-hybridized carbons (Fsp3) is 0.176. The Kier molecular flexibility index (Phi) is 5.76. The molecule has 0 unspecified atom stereocenters. The second-order valence-corrected chi connectivity index (χ2v) is 6.87. The molecule has 0 aliphatic carbocycles. The predicted octanol–water partition coefficient (Wildman–Crippen LogP) is 3.37. The zero-order valence-electron chi connectivity index (χ0n) is 13.7. The Balaban J connectivity index is 2.51. The number of anilines is 1. The van der Waals surface area contributed by atoms with Crippen LogP contribution in [-0.2, 0) is 10.0 Å². The van der Waals surface area contributed by atoms with Crippen LogP contribution in [-0.4, -0.2) is 26.5 Å². The Morgan fingerprint density at radius 3 is 2.60 bits per heavy atom. The first-order chi connectivity index (χ1) is 11.9. The molecule has 0 saturated heterocycles. The van der Waals surface area contributed by atoms with E-state index in [0.717, 1.165) is 10.4 Å². The van der Waals surface area contributed by atoms with Crippen LogP contribution in [0.5, 0.6) is 5.75 Å². The van der Waals surface area contributed by atoms with Gasteiger partial charge in [-0.2, -0.15) is 0 Å². The molecule has 8 heteroatoms. The van der Waals surface area contributed by atoms with Gasteiger partial charge in [-0.1, -0.05) is 18.2 Å². The molecule has 2 aromatic carbocycles. The first-order valence-corrected chi connectivity index (χ1v) is 8.95. The average Bonchev–Trinajstić information content (AvgIpc) is 2.60. The first-order valence-electron chi connectivity index (χ1n) is 7.51. The van der Waals surface area contributed by atoms with Crippen LogP contribution in [0.3, 0.4) is 0 Å². The quantitative estimate of drug-likeness (QED) is 0.408. The molecule has 0 saturated carbocycles. The van der Waals surface area contributed by atoms with Gasteiger partial charge in [0.1, 0.15) is 5.75 Å². The van der Waals surface area contributed by atoms with Gasteiger partial charge in [-0.3, -0.25) is 14.4 Å². The third-order valence-electron chi connectivity index (χ3n) is 3.33. The van der Waals surface area contributed by atoms with Gasteiger partial charge in [-0.25, -0.2) is 8.42 Å². The van der Waals surface area contributed by atoms with E-state index in [1.807, 2.05) is 6.92 Å². The van der Waals surface area contributed by atoms with Gasteiger partial charge in [0.2, 0.25) is 0 Å². The molecule has 0 N–H and O–H groups in total. The van der Waals surface area contributed by atoms with Gasteiger partial charge in [0.15, 0.2) is 0 Å². The molecule has 0 fully saturated rings. The van der Waals surface area contributed by atoms with Gasteiger partial charge in [0.25, 0.3) is 15.7 Å². The molecule has 132 valence electrons. The van der Waals surface area contributed by atoms with Crippen molar-refractivity contribution in [3.05, 3.63) is 71.3 Å². The molecule has 0 amide bonds. The molecule has 0 aliphatic rings. The highest BCUT2D eigenvalue weighted by molar-refractivity contribution is 7.92. The summed E-state index contributed by atoms with van der Waals surface area (Å²) in [6.07, 6.45) is 1.45. The molecular weight excluding hydrogens is 344 g/mol. The fourth-order valence-corrected chi connectivity index (χ4v) is 3.71. The Morgan fingerprint density at radius 1 is 1.24 bits per heavy atom. The van der Waals surface area contributed by atoms with Crippen LogP contribution < -0.4 is 9.04 Å². The predicted molar refractivity (Wildman–Crippen MR) is 95.4 cm³/mol. The number of nitro benzene ring substituents is 1. The summed E-state index contributed by atoms with van der Waals surface area (Å²) in [7, 11) is -4.00. The summed E-state index contributed by atoms with van der Waals surface area (Å²) >= 11 is 0. The summed E-state index contributed by atoms with van der Waals surface area (Å²) in [6, 6.07) is 11.6. The number of nitro groups is 1. The fourth-order valence-electron chi connectivity index (χ4n) is 2.24. The minimum atomic E-state index is -4.00. The topological polar surface area (TPSA) is 89.8 Å². The summed E-state index contributed by atoms with van der Waals surface area (Å²) in [4.78, 5) is 10.1. The van der Waals surface area contributed by atoms with E-state index in [9.17, 15) is 18.5 Å². The lowest BCUT2D eigenvalue weighted by molar-refractivity contribution is -0.385. The molecule has 0 atom stereocenters. The molecule has 0 aliphatic heterocycles. The smallest absolute Gasteiger partial charge is 0.270 e. The van der Waals surface area contributed by atoms with Crippen LogP contribution in [0.15, 0.2) is 66.1 Å². The standard InChI is InChI=1S/C17H18N2O5S/c1-3-11-18(14-7-5-9-16(12-14)24-4-2)25(22,23)17-10-6-8-15(13-17)19(20)21/h3,5-10,12-13H,1,4,11H2,2H3. The minimum Gasteiger partial charge on any atom is -0.494 e. The summed E-state index contributed by atoms with van der Waals surface area (Å²) in [5.41, 5.74) is 0.0973. The van der Waals surface area contributed by atoms with Gasteiger partial charge in [0, 0.05) is 18.2 Å². The first kappa shape index (κ1) is 18.5. The molecule has 0 heterocycles. The molecule has 0 aromatic heterocycles. The lowest BCUT2D eigenvalue weighted by Crippen LogP contribution is -2.31. The highest BCUT2D eigenvalue weighted by Crippen LogP contribution is 2.28. The van der Waals surface area contributed by atoms with Crippen LogP contribution in [0.25, 0.3) is 0 Å². The molecule has 7 nitrogen and oxygen atoms in total. The van der Waals surface area contributed by atoms with E-state index in [0.29, 0.717) is 18.0 Å². The largest absolute Gasteiger partial charge is 0.494 e. The summed E-state index contributed by atoms with van der Waals surface area (Å²) in [5, 5.41) is 10.9. The van der Waals surface area contributed by atoms with E-state index in [-0.39, 0.29) is 17.1 Å². The zero-order chi connectivity index (χ0) is 18.4. The van der Waals surface area contributed by atoms with Crippen molar-refractivity contribution in [3.63, 3.8) is 0 Å². The summed E-state index contributed by atoms with van der Waals surface area (Å²) in [5.74, 6) is 0.531. The van der Waals surface area contributed by atoms with Gasteiger partial charge >= 0.3 is 0 Å². The number of ether oxygens (including phenoxy) is 1. The van der Waals surface area contributed by atoms with Crippen LogP contribution in [0.1, 0.15) is 6.92 Å². The van der Waals surface area contributed by atoms with Crippen LogP contribution in [0.2, 0.25) is 0 Å². The Hall–Kier alpha value is -2.87. The lowest BCUT2D eigenvalue weighted by Gasteiger charge is -2.23. The van der Waals surface area contributed by atoms with Gasteiger partial charge in [-0.15, -0.1) is 6.58 Å². The van der Waals surface area contributed by atoms with Crippen LogP contribution >= 0.6 is 0 Å². The van der Waals surface area contributed by atoms with Crippen molar-refractivity contribution in [2.75, 3.05) is 17.5 Å². The van der Waals surface area contributed by atoms with Gasteiger partial charge in [0.05, 0.1) is 28.7 Å². The van der Waals surface area contributed by atoms with Gasteiger partial charge in [-0.05, 0) is 25.1 Å². The molecule has 0 bridgehead atoms. The van der Waals surface area contributed by atoms with E-state index >= 15 is 0 Å². The Bertz CT molecular complexity index is 880. The summed E-state index contributed by atoms with van der Waals surface area (Å²) in [6.45, 7) is 5.88. The second-order valence-electron chi connectivity index (χ2n) is 5.01. The van der Waals surface area contributed by atoms with Crippen LogP contribution in [0, 0.1) is 10.1 Å². The molecule has 25 heavy (non-hydrogen) atoms. The van der Waals surface area contributed by atoms with Crippen molar-refractivity contribution in [1.29, 1.82) is 0 Å². The molecule has 2 rings (SSSR count).